The van der Waals surface area contributed by atoms with Crippen LogP contribution in [0.5, 0.6) is 0 Å². The average molecular weight is 256 g/mol. The molecule has 0 aromatic carbocycles. The number of nitrogens with two attached hydrogens (primary N) is 1. The fourth-order valence-electron chi connectivity index (χ4n) is 1.46. The first-order valence-electron chi connectivity index (χ1n) is 5.78. The van der Waals surface area contributed by atoms with Gasteiger partial charge in [-0.2, -0.15) is 4.37 Å². The van der Waals surface area contributed by atoms with E-state index in [9.17, 15) is 4.79 Å². The molecule has 0 fully saturated rings. The molecule has 1 aromatic rings. The van der Waals surface area contributed by atoms with Gasteiger partial charge in [0.15, 0.2) is 0 Å². The van der Waals surface area contributed by atoms with Gasteiger partial charge in [0.25, 0.3) is 0 Å². The Morgan fingerprint density at radius 1 is 1.41 bits per heavy atom. The van der Waals surface area contributed by atoms with E-state index in [1.165, 1.54) is 11.5 Å². The average Bonchev–Trinajstić information content (AvgIpc) is 2.59. The quantitative estimate of drug-likeness (QED) is 0.811. The normalized spacial score (nSPS) is 13.1. The third kappa shape index (κ3) is 4.30. The number of primary amides is 1. The van der Waals surface area contributed by atoms with Crippen LogP contribution in [-0.4, -0.2) is 21.3 Å². The number of carbonyl (C=O) groups excluding carboxylic acids is 1. The molecule has 1 rings (SSSR count). The number of hydrogen-bond donors (Lipinski definition) is 2. The molecule has 3 N–H and O–H groups in total. The molecular formula is C11H20N4OS. The molecule has 1 aromatic heterocycles. The van der Waals surface area contributed by atoms with E-state index in [-0.39, 0.29) is 11.8 Å². The van der Waals surface area contributed by atoms with E-state index in [0.717, 1.165) is 12.2 Å². The van der Waals surface area contributed by atoms with E-state index in [1.54, 1.807) is 0 Å². The molecule has 1 atom stereocenters. The minimum atomic E-state index is -0.394. The number of nitrogens with one attached hydrogen (secondary N) is 1. The van der Waals surface area contributed by atoms with Crippen molar-refractivity contribution >= 4 is 22.6 Å². The molecule has 96 valence electrons. The van der Waals surface area contributed by atoms with Crippen molar-refractivity contribution in [3.05, 3.63) is 5.82 Å². The molecule has 0 spiro atoms. The standard InChI is InChI=1S/C11H20N4OS/c1-6(2)5-8-13-11(17-15-8)14-9(7(3)4)10(12)16/h6-7,9H,5H2,1-4H3,(H2,12,16)(H,13,14,15). The number of rotatable bonds is 6. The molecule has 17 heavy (non-hydrogen) atoms. The summed E-state index contributed by atoms with van der Waals surface area (Å²) in [6, 6.07) is -0.394. The zero-order chi connectivity index (χ0) is 13.0. The topological polar surface area (TPSA) is 80.9 Å². The zero-order valence-electron chi connectivity index (χ0n) is 10.7. The van der Waals surface area contributed by atoms with Gasteiger partial charge in [0.1, 0.15) is 11.9 Å². The number of aromatic nitrogens is 2. The van der Waals surface area contributed by atoms with Crippen molar-refractivity contribution in [3.8, 4) is 0 Å². The molecule has 1 amide bonds. The first kappa shape index (κ1) is 13.9. The van der Waals surface area contributed by atoms with Crippen LogP contribution in [0.2, 0.25) is 0 Å². The first-order valence-corrected chi connectivity index (χ1v) is 6.56. The van der Waals surface area contributed by atoms with E-state index < -0.39 is 6.04 Å². The number of hydrogen-bond acceptors (Lipinski definition) is 5. The van der Waals surface area contributed by atoms with Crippen LogP contribution in [0.3, 0.4) is 0 Å². The van der Waals surface area contributed by atoms with Crippen LogP contribution in [0, 0.1) is 11.8 Å². The fourth-order valence-corrected chi connectivity index (χ4v) is 2.09. The number of anilines is 1. The minimum Gasteiger partial charge on any atom is -0.368 e. The Bertz CT molecular complexity index is 375. The Balaban J connectivity index is 2.67. The van der Waals surface area contributed by atoms with Gasteiger partial charge >= 0.3 is 0 Å². The highest BCUT2D eigenvalue weighted by molar-refractivity contribution is 7.09. The van der Waals surface area contributed by atoms with Crippen molar-refractivity contribution in [2.24, 2.45) is 17.6 Å². The summed E-state index contributed by atoms with van der Waals surface area (Å²) >= 11 is 1.27. The Morgan fingerprint density at radius 2 is 2.06 bits per heavy atom. The van der Waals surface area contributed by atoms with E-state index in [4.69, 9.17) is 5.73 Å². The van der Waals surface area contributed by atoms with E-state index in [2.05, 4.69) is 28.5 Å². The lowest BCUT2D eigenvalue weighted by atomic mass is 10.0. The monoisotopic (exact) mass is 256 g/mol. The molecule has 0 aliphatic carbocycles. The highest BCUT2D eigenvalue weighted by Gasteiger charge is 2.20. The maximum Gasteiger partial charge on any atom is 0.240 e. The van der Waals surface area contributed by atoms with Gasteiger partial charge in [-0.3, -0.25) is 4.79 Å². The fraction of sp³-hybridized carbons (Fsp3) is 0.727. The third-order valence-electron chi connectivity index (χ3n) is 2.31. The van der Waals surface area contributed by atoms with Gasteiger partial charge in [-0.1, -0.05) is 27.7 Å². The zero-order valence-corrected chi connectivity index (χ0v) is 11.5. The van der Waals surface area contributed by atoms with E-state index in [1.807, 2.05) is 13.8 Å². The Hall–Kier alpha value is -1.17. The predicted octanol–water partition coefficient (Wildman–Crippen LogP) is 1.66. The van der Waals surface area contributed by atoms with Crippen molar-refractivity contribution in [1.29, 1.82) is 0 Å². The van der Waals surface area contributed by atoms with E-state index >= 15 is 0 Å². The van der Waals surface area contributed by atoms with Crippen LogP contribution in [0.4, 0.5) is 5.13 Å². The second kappa shape index (κ2) is 5.95. The van der Waals surface area contributed by atoms with Crippen LogP contribution in [0.1, 0.15) is 33.5 Å². The van der Waals surface area contributed by atoms with Crippen LogP contribution < -0.4 is 11.1 Å². The Labute approximate surface area is 106 Å². The third-order valence-corrected chi connectivity index (χ3v) is 3.00. The minimum absolute atomic E-state index is 0.130. The molecular weight excluding hydrogens is 236 g/mol. The van der Waals surface area contributed by atoms with Crippen molar-refractivity contribution in [2.75, 3.05) is 5.32 Å². The highest BCUT2D eigenvalue weighted by atomic mass is 32.1. The Morgan fingerprint density at radius 3 is 2.53 bits per heavy atom. The van der Waals surface area contributed by atoms with Crippen LogP contribution >= 0.6 is 11.5 Å². The van der Waals surface area contributed by atoms with E-state index in [0.29, 0.717) is 11.0 Å². The summed E-state index contributed by atoms with van der Waals surface area (Å²) < 4.78 is 4.24. The van der Waals surface area contributed by atoms with Gasteiger partial charge < -0.3 is 11.1 Å². The molecule has 0 radical (unpaired) electrons. The molecule has 0 bridgehead atoms. The molecule has 0 aliphatic heterocycles. The lowest BCUT2D eigenvalue weighted by Gasteiger charge is -2.17. The van der Waals surface area contributed by atoms with Crippen molar-refractivity contribution in [1.82, 2.24) is 9.36 Å². The second-order valence-corrected chi connectivity index (χ2v) is 5.63. The summed E-state index contributed by atoms with van der Waals surface area (Å²) in [7, 11) is 0. The molecule has 0 saturated heterocycles. The summed E-state index contributed by atoms with van der Waals surface area (Å²) in [5.41, 5.74) is 5.33. The predicted molar refractivity (Wildman–Crippen MR) is 69.9 cm³/mol. The Kier molecular flexibility index (Phi) is 4.86. The SMILES string of the molecule is CC(C)Cc1nsc(NC(C(N)=O)C(C)C)n1. The van der Waals surface area contributed by atoms with Crippen LogP contribution in [-0.2, 0) is 11.2 Å². The van der Waals surface area contributed by atoms with Gasteiger partial charge in [-0.15, -0.1) is 0 Å². The maximum absolute atomic E-state index is 11.2. The smallest absolute Gasteiger partial charge is 0.240 e. The van der Waals surface area contributed by atoms with Crippen molar-refractivity contribution < 1.29 is 4.79 Å². The molecule has 6 heteroatoms. The van der Waals surface area contributed by atoms with Crippen LogP contribution in [0.15, 0.2) is 0 Å². The van der Waals surface area contributed by atoms with Gasteiger partial charge in [-0.05, 0) is 11.8 Å². The molecule has 1 heterocycles. The molecule has 0 saturated carbocycles. The van der Waals surface area contributed by atoms with Crippen LogP contribution in [0.25, 0.3) is 0 Å². The summed E-state index contributed by atoms with van der Waals surface area (Å²) in [6.45, 7) is 8.12. The second-order valence-electron chi connectivity index (χ2n) is 4.88. The van der Waals surface area contributed by atoms with Crippen molar-refractivity contribution in [3.63, 3.8) is 0 Å². The van der Waals surface area contributed by atoms with Gasteiger partial charge in [-0.25, -0.2) is 4.98 Å². The first-order chi connectivity index (χ1) is 7.90. The summed E-state index contributed by atoms with van der Waals surface area (Å²) in [6.07, 6.45) is 0.848. The van der Waals surface area contributed by atoms with Gasteiger partial charge in [0.2, 0.25) is 11.0 Å². The summed E-state index contributed by atoms with van der Waals surface area (Å²) in [5, 5.41) is 3.71. The summed E-state index contributed by atoms with van der Waals surface area (Å²) in [5.74, 6) is 1.11. The maximum atomic E-state index is 11.2. The number of carbonyl (C=O) groups is 1. The lowest BCUT2D eigenvalue weighted by Crippen LogP contribution is -2.39. The lowest BCUT2D eigenvalue weighted by molar-refractivity contribution is -0.119. The van der Waals surface area contributed by atoms with Crippen molar-refractivity contribution in [2.45, 2.75) is 40.2 Å². The highest BCUT2D eigenvalue weighted by Crippen LogP contribution is 2.17. The molecule has 1 unspecified atom stereocenters. The number of nitrogens with zero attached hydrogens (tertiary/aromatic N) is 2. The molecule has 0 aliphatic rings. The largest absolute Gasteiger partial charge is 0.368 e. The summed E-state index contributed by atoms with van der Waals surface area (Å²) in [4.78, 5) is 15.6. The van der Waals surface area contributed by atoms with Gasteiger partial charge in [0.05, 0.1) is 0 Å². The van der Waals surface area contributed by atoms with Gasteiger partial charge in [0, 0.05) is 18.0 Å². The molecule has 5 nitrogen and oxygen atoms in total. The number of amides is 1.